The molecule has 1 aromatic heterocycles. The summed E-state index contributed by atoms with van der Waals surface area (Å²) in [6, 6.07) is 1.61. The van der Waals surface area contributed by atoms with Crippen LogP contribution in [0.25, 0.3) is 0 Å². The molecule has 0 spiro atoms. The van der Waals surface area contributed by atoms with E-state index in [2.05, 4.69) is 23.7 Å². The van der Waals surface area contributed by atoms with Gasteiger partial charge in [-0.3, -0.25) is 4.79 Å². The SMILES string of the molecule is CC1(C)CCCN(c2ncc(N)cc2C(N)=O)CC1. The van der Waals surface area contributed by atoms with Gasteiger partial charge in [0.05, 0.1) is 17.4 Å². The van der Waals surface area contributed by atoms with Crippen molar-refractivity contribution in [3.63, 3.8) is 0 Å². The summed E-state index contributed by atoms with van der Waals surface area (Å²) in [6.45, 7) is 6.36. The van der Waals surface area contributed by atoms with Crippen LogP contribution >= 0.6 is 0 Å². The van der Waals surface area contributed by atoms with Crippen LogP contribution in [-0.2, 0) is 0 Å². The van der Waals surface area contributed by atoms with E-state index in [0.717, 1.165) is 25.9 Å². The molecule has 19 heavy (non-hydrogen) atoms. The minimum Gasteiger partial charge on any atom is -0.397 e. The van der Waals surface area contributed by atoms with Gasteiger partial charge in [-0.15, -0.1) is 0 Å². The Morgan fingerprint density at radius 2 is 2.11 bits per heavy atom. The molecular weight excluding hydrogens is 240 g/mol. The van der Waals surface area contributed by atoms with E-state index in [-0.39, 0.29) is 0 Å². The molecule has 1 aliphatic heterocycles. The minimum absolute atomic E-state index is 0.343. The van der Waals surface area contributed by atoms with Crippen molar-refractivity contribution < 1.29 is 4.79 Å². The average molecular weight is 262 g/mol. The fraction of sp³-hybridized carbons (Fsp3) is 0.571. The van der Waals surface area contributed by atoms with Crippen LogP contribution in [0.15, 0.2) is 12.3 Å². The van der Waals surface area contributed by atoms with Crippen molar-refractivity contribution >= 4 is 17.4 Å². The van der Waals surface area contributed by atoms with Crippen LogP contribution in [0, 0.1) is 5.41 Å². The number of anilines is 2. The third-order valence-electron chi connectivity index (χ3n) is 3.79. The predicted molar refractivity (Wildman–Crippen MR) is 77.0 cm³/mol. The van der Waals surface area contributed by atoms with Crippen molar-refractivity contribution in [2.24, 2.45) is 11.1 Å². The second-order valence-corrected chi connectivity index (χ2v) is 6.01. The Balaban J connectivity index is 2.29. The maximum atomic E-state index is 11.5. The third kappa shape index (κ3) is 3.16. The van der Waals surface area contributed by atoms with E-state index in [1.807, 2.05) is 0 Å². The van der Waals surface area contributed by atoms with E-state index < -0.39 is 5.91 Å². The molecule has 4 N–H and O–H groups in total. The van der Waals surface area contributed by atoms with Crippen molar-refractivity contribution in [2.45, 2.75) is 33.1 Å². The van der Waals surface area contributed by atoms with Gasteiger partial charge in [-0.2, -0.15) is 0 Å². The zero-order valence-electron chi connectivity index (χ0n) is 11.6. The molecule has 1 fully saturated rings. The topological polar surface area (TPSA) is 85.2 Å². The number of pyridine rings is 1. The third-order valence-corrected chi connectivity index (χ3v) is 3.79. The second kappa shape index (κ2) is 5.07. The maximum Gasteiger partial charge on any atom is 0.252 e. The van der Waals surface area contributed by atoms with Gasteiger partial charge in [-0.25, -0.2) is 4.98 Å². The summed E-state index contributed by atoms with van der Waals surface area (Å²) < 4.78 is 0. The number of primary amides is 1. The Labute approximate surface area is 114 Å². The number of amides is 1. The van der Waals surface area contributed by atoms with Gasteiger partial charge in [0, 0.05) is 13.1 Å². The van der Waals surface area contributed by atoms with Crippen LogP contribution in [0.3, 0.4) is 0 Å². The number of carbonyl (C=O) groups excluding carboxylic acids is 1. The van der Waals surface area contributed by atoms with E-state index in [4.69, 9.17) is 11.5 Å². The highest BCUT2D eigenvalue weighted by Gasteiger charge is 2.25. The zero-order valence-corrected chi connectivity index (χ0v) is 11.6. The van der Waals surface area contributed by atoms with E-state index in [1.165, 1.54) is 6.42 Å². The largest absolute Gasteiger partial charge is 0.397 e. The number of aromatic nitrogens is 1. The summed E-state index contributed by atoms with van der Waals surface area (Å²) in [5.74, 6) is 0.192. The number of carbonyl (C=O) groups is 1. The molecule has 2 heterocycles. The average Bonchev–Trinajstić information content (AvgIpc) is 2.50. The molecule has 1 aromatic rings. The van der Waals surface area contributed by atoms with E-state index in [9.17, 15) is 4.79 Å². The Morgan fingerprint density at radius 3 is 2.79 bits per heavy atom. The fourth-order valence-corrected chi connectivity index (χ4v) is 2.54. The van der Waals surface area contributed by atoms with Crippen LogP contribution in [0.1, 0.15) is 43.5 Å². The molecule has 0 bridgehead atoms. The molecule has 0 aromatic carbocycles. The molecule has 104 valence electrons. The highest BCUT2D eigenvalue weighted by atomic mass is 16.1. The van der Waals surface area contributed by atoms with Crippen LogP contribution in [0.4, 0.5) is 11.5 Å². The number of nitrogen functional groups attached to an aromatic ring is 1. The van der Waals surface area contributed by atoms with Crippen LogP contribution in [-0.4, -0.2) is 24.0 Å². The number of nitrogens with zero attached hydrogens (tertiary/aromatic N) is 2. The molecule has 2 rings (SSSR count). The maximum absolute atomic E-state index is 11.5. The standard InChI is InChI=1S/C14H22N4O/c1-14(2)4-3-6-18(7-5-14)13-11(12(16)19)8-10(15)9-17-13/h8-9H,3-7,15H2,1-2H3,(H2,16,19). The lowest BCUT2D eigenvalue weighted by atomic mass is 9.85. The number of hydrogen-bond acceptors (Lipinski definition) is 4. The smallest absolute Gasteiger partial charge is 0.252 e. The molecule has 5 heteroatoms. The monoisotopic (exact) mass is 262 g/mol. The summed E-state index contributed by atoms with van der Waals surface area (Å²) in [5.41, 5.74) is 12.3. The fourth-order valence-electron chi connectivity index (χ4n) is 2.54. The minimum atomic E-state index is -0.474. The molecule has 1 aliphatic rings. The van der Waals surface area contributed by atoms with Crippen LogP contribution in [0.2, 0.25) is 0 Å². The molecular formula is C14H22N4O. The van der Waals surface area contributed by atoms with Crippen LogP contribution < -0.4 is 16.4 Å². The Hall–Kier alpha value is -1.78. The van der Waals surface area contributed by atoms with Gasteiger partial charge < -0.3 is 16.4 Å². The highest BCUT2D eigenvalue weighted by Crippen LogP contribution is 2.32. The number of hydrogen-bond donors (Lipinski definition) is 2. The van der Waals surface area contributed by atoms with Crippen molar-refractivity contribution in [1.29, 1.82) is 0 Å². The highest BCUT2D eigenvalue weighted by molar-refractivity contribution is 5.98. The Kier molecular flexibility index (Phi) is 3.64. The van der Waals surface area contributed by atoms with E-state index in [0.29, 0.717) is 22.5 Å². The first-order chi connectivity index (χ1) is 8.89. The van der Waals surface area contributed by atoms with E-state index in [1.54, 1.807) is 12.3 Å². The van der Waals surface area contributed by atoms with E-state index >= 15 is 0 Å². The first-order valence-corrected chi connectivity index (χ1v) is 6.69. The summed E-state index contributed by atoms with van der Waals surface area (Å²) in [5, 5.41) is 0. The molecule has 0 atom stereocenters. The number of rotatable bonds is 2. The predicted octanol–water partition coefficient (Wildman–Crippen LogP) is 1.78. The zero-order chi connectivity index (χ0) is 14.0. The molecule has 5 nitrogen and oxygen atoms in total. The molecule has 0 saturated carbocycles. The van der Waals surface area contributed by atoms with Gasteiger partial charge in [0.2, 0.25) is 0 Å². The lowest BCUT2D eigenvalue weighted by Gasteiger charge is -2.25. The quantitative estimate of drug-likeness (QED) is 0.850. The first kappa shape index (κ1) is 13.6. The lowest BCUT2D eigenvalue weighted by Crippen LogP contribution is -2.29. The molecule has 1 amide bonds. The normalized spacial score (nSPS) is 18.9. The molecule has 0 unspecified atom stereocenters. The summed E-state index contributed by atoms with van der Waals surface area (Å²) >= 11 is 0. The molecule has 0 radical (unpaired) electrons. The van der Waals surface area contributed by atoms with Crippen molar-refractivity contribution in [1.82, 2.24) is 4.98 Å². The Morgan fingerprint density at radius 1 is 1.37 bits per heavy atom. The van der Waals surface area contributed by atoms with Gasteiger partial charge >= 0.3 is 0 Å². The summed E-state index contributed by atoms with van der Waals surface area (Å²) in [6.07, 6.45) is 4.94. The second-order valence-electron chi connectivity index (χ2n) is 6.01. The summed E-state index contributed by atoms with van der Waals surface area (Å²) in [7, 11) is 0. The van der Waals surface area contributed by atoms with Gasteiger partial charge in [0.1, 0.15) is 5.82 Å². The van der Waals surface area contributed by atoms with Gasteiger partial charge in [0.15, 0.2) is 0 Å². The van der Waals surface area contributed by atoms with Crippen molar-refractivity contribution in [3.8, 4) is 0 Å². The van der Waals surface area contributed by atoms with Gasteiger partial charge in [-0.05, 0) is 30.7 Å². The number of nitrogens with two attached hydrogens (primary N) is 2. The molecule has 1 saturated heterocycles. The van der Waals surface area contributed by atoms with Gasteiger partial charge in [0.25, 0.3) is 5.91 Å². The van der Waals surface area contributed by atoms with Crippen molar-refractivity contribution in [2.75, 3.05) is 23.7 Å². The van der Waals surface area contributed by atoms with Gasteiger partial charge in [-0.1, -0.05) is 13.8 Å². The summed E-state index contributed by atoms with van der Waals surface area (Å²) in [4.78, 5) is 18.0. The first-order valence-electron chi connectivity index (χ1n) is 6.69. The molecule has 0 aliphatic carbocycles. The van der Waals surface area contributed by atoms with Crippen LogP contribution in [0.5, 0.6) is 0 Å². The van der Waals surface area contributed by atoms with Crippen molar-refractivity contribution in [3.05, 3.63) is 17.8 Å². The Bertz CT molecular complexity index is 484. The lowest BCUT2D eigenvalue weighted by molar-refractivity contribution is 0.100.